The Morgan fingerprint density at radius 1 is 1.33 bits per heavy atom. The number of hydrogen-bond acceptors (Lipinski definition) is 2. The van der Waals surface area contributed by atoms with Crippen LogP contribution in [0.1, 0.15) is 31.7 Å². The summed E-state index contributed by atoms with van der Waals surface area (Å²) in [6, 6.07) is 3.22. The van der Waals surface area contributed by atoms with E-state index in [2.05, 4.69) is 6.92 Å². The van der Waals surface area contributed by atoms with E-state index in [1.807, 2.05) is 11.0 Å². The summed E-state index contributed by atoms with van der Waals surface area (Å²) in [5.41, 5.74) is 1.56. The lowest BCUT2D eigenvalue weighted by atomic mass is 10.1. The molecule has 0 amide bonds. The largest absolute Gasteiger partial charge is 0.368 e. The summed E-state index contributed by atoms with van der Waals surface area (Å²) in [6.45, 7) is 3.27. The zero-order valence-electron chi connectivity index (χ0n) is 10.5. The molecule has 1 aromatic rings. The van der Waals surface area contributed by atoms with Crippen LogP contribution in [0.15, 0.2) is 12.1 Å². The van der Waals surface area contributed by atoms with Gasteiger partial charge in [-0.05, 0) is 24.1 Å². The minimum Gasteiger partial charge on any atom is -0.368 e. The third-order valence-corrected chi connectivity index (χ3v) is 3.65. The van der Waals surface area contributed by atoms with Crippen LogP contribution in [0.2, 0.25) is 5.02 Å². The molecule has 1 aromatic carbocycles. The van der Waals surface area contributed by atoms with E-state index in [0.717, 1.165) is 18.4 Å². The number of Topliss-reactive ketones (excluding diaryl/α,β-unsaturated/α-hetero) is 1. The highest BCUT2D eigenvalue weighted by Crippen LogP contribution is 2.29. The number of benzene rings is 1. The van der Waals surface area contributed by atoms with Gasteiger partial charge in [-0.1, -0.05) is 24.9 Å². The van der Waals surface area contributed by atoms with Gasteiger partial charge in [0.15, 0.2) is 0 Å². The lowest BCUT2D eigenvalue weighted by Crippen LogP contribution is -2.34. The fraction of sp³-hybridized carbons (Fsp3) is 0.500. The highest BCUT2D eigenvalue weighted by molar-refractivity contribution is 6.31. The van der Waals surface area contributed by atoms with Crippen molar-refractivity contribution in [1.82, 2.24) is 0 Å². The molecule has 2 rings (SSSR count). The predicted molar refractivity (Wildman–Crippen MR) is 71.9 cm³/mol. The maximum atomic E-state index is 13.9. The van der Waals surface area contributed by atoms with Crippen molar-refractivity contribution in [2.75, 3.05) is 18.0 Å². The van der Waals surface area contributed by atoms with E-state index in [1.54, 1.807) is 0 Å². The summed E-state index contributed by atoms with van der Waals surface area (Å²) in [5, 5.41) is 0.492. The second-order valence-electron chi connectivity index (χ2n) is 4.67. The maximum Gasteiger partial charge on any atom is 0.147 e. The maximum absolute atomic E-state index is 13.9. The Balaban J connectivity index is 2.26. The molecule has 0 spiro atoms. The molecule has 0 aromatic heterocycles. The van der Waals surface area contributed by atoms with Gasteiger partial charge in [0.05, 0.1) is 5.69 Å². The number of rotatable bonds is 3. The molecule has 1 aliphatic heterocycles. The van der Waals surface area contributed by atoms with E-state index in [9.17, 15) is 9.18 Å². The van der Waals surface area contributed by atoms with E-state index >= 15 is 0 Å². The van der Waals surface area contributed by atoms with Gasteiger partial charge in [0.25, 0.3) is 0 Å². The van der Waals surface area contributed by atoms with Gasteiger partial charge >= 0.3 is 0 Å². The monoisotopic (exact) mass is 269 g/mol. The average molecular weight is 270 g/mol. The number of halogens is 2. The first-order chi connectivity index (χ1) is 8.61. The molecule has 1 aliphatic rings. The summed E-state index contributed by atoms with van der Waals surface area (Å²) in [4.78, 5) is 13.1. The van der Waals surface area contributed by atoms with Crippen LogP contribution in [0.3, 0.4) is 0 Å². The molecule has 0 radical (unpaired) electrons. The average Bonchev–Trinajstić information content (AvgIpc) is 2.34. The smallest absolute Gasteiger partial charge is 0.147 e. The number of hydrogen-bond donors (Lipinski definition) is 0. The van der Waals surface area contributed by atoms with Gasteiger partial charge in [0, 0.05) is 31.0 Å². The molecule has 0 aliphatic carbocycles. The van der Waals surface area contributed by atoms with E-state index in [-0.39, 0.29) is 11.6 Å². The topological polar surface area (TPSA) is 20.3 Å². The minimum absolute atomic E-state index is 0.259. The summed E-state index contributed by atoms with van der Waals surface area (Å²) < 4.78 is 13.9. The number of piperidine rings is 1. The van der Waals surface area contributed by atoms with Gasteiger partial charge in [-0.2, -0.15) is 0 Å². The Kier molecular flexibility index (Phi) is 4.23. The molecule has 4 heteroatoms. The Labute approximate surface area is 112 Å². The Morgan fingerprint density at radius 3 is 2.61 bits per heavy atom. The van der Waals surface area contributed by atoms with Crippen LogP contribution in [0, 0.1) is 5.82 Å². The lowest BCUT2D eigenvalue weighted by Gasteiger charge is -2.29. The van der Waals surface area contributed by atoms with Gasteiger partial charge in [0.2, 0.25) is 0 Å². The van der Waals surface area contributed by atoms with Crippen molar-refractivity contribution in [3.63, 3.8) is 0 Å². The quantitative estimate of drug-likeness (QED) is 0.836. The molecular weight excluding hydrogens is 253 g/mol. The van der Waals surface area contributed by atoms with Crippen LogP contribution in [0.4, 0.5) is 10.1 Å². The number of carbonyl (C=O) groups excluding carboxylic acids is 1. The van der Waals surface area contributed by atoms with Crippen LogP contribution < -0.4 is 4.90 Å². The van der Waals surface area contributed by atoms with Crippen molar-refractivity contribution in [2.45, 2.75) is 32.6 Å². The first-order valence-electron chi connectivity index (χ1n) is 6.36. The van der Waals surface area contributed by atoms with Crippen LogP contribution >= 0.6 is 11.6 Å². The molecule has 2 nitrogen and oxygen atoms in total. The van der Waals surface area contributed by atoms with E-state index in [4.69, 9.17) is 11.6 Å². The van der Waals surface area contributed by atoms with Crippen molar-refractivity contribution in [2.24, 2.45) is 0 Å². The molecule has 0 bridgehead atoms. The zero-order valence-corrected chi connectivity index (χ0v) is 11.3. The number of aryl methyl sites for hydroxylation is 1. The van der Waals surface area contributed by atoms with Gasteiger partial charge in [-0.25, -0.2) is 4.39 Å². The first kappa shape index (κ1) is 13.3. The van der Waals surface area contributed by atoms with E-state index in [1.165, 1.54) is 6.07 Å². The van der Waals surface area contributed by atoms with Gasteiger partial charge in [-0.15, -0.1) is 0 Å². The van der Waals surface area contributed by atoms with Crippen molar-refractivity contribution in [1.29, 1.82) is 0 Å². The molecule has 1 fully saturated rings. The van der Waals surface area contributed by atoms with Crippen molar-refractivity contribution < 1.29 is 9.18 Å². The Bertz CT molecular complexity index is 451. The summed E-state index contributed by atoms with van der Waals surface area (Å²) >= 11 is 6.03. The zero-order chi connectivity index (χ0) is 13.1. The van der Waals surface area contributed by atoms with E-state index in [0.29, 0.717) is 36.6 Å². The molecule has 1 heterocycles. The molecule has 1 saturated heterocycles. The Morgan fingerprint density at radius 2 is 2.00 bits per heavy atom. The van der Waals surface area contributed by atoms with Crippen LogP contribution in [0.5, 0.6) is 0 Å². The number of ketones is 1. The second kappa shape index (κ2) is 5.70. The molecule has 98 valence electrons. The summed E-state index contributed by atoms with van der Waals surface area (Å²) in [7, 11) is 0. The number of anilines is 1. The fourth-order valence-electron chi connectivity index (χ4n) is 2.28. The van der Waals surface area contributed by atoms with E-state index < -0.39 is 0 Å². The Hall–Kier alpha value is -1.09. The van der Waals surface area contributed by atoms with Crippen LogP contribution in [0.25, 0.3) is 0 Å². The molecule has 0 N–H and O–H groups in total. The first-order valence-corrected chi connectivity index (χ1v) is 6.74. The predicted octanol–water partition coefficient (Wildman–Crippen LogP) is 3.60. The highest BCUT2D eigenvalue weighted by atomic mass is 35.5. The third kappa shape index (κ3) is 2.83. The standard InChI is InChI=1S/C14H17ClFNO/c1-2-3-10-8-14(13(16)9-12(10)15)17-6-4-11(18)5-7-17/h8-9H,2-7H2,1H3. The summed E-state index contributed by atoms with van der Waals surface area (Å²) in [6.07, 6.45) is 2.83. The van der Waals surface area contributed by atoms with Crippen molar-refractivity contribution in [3.8, 4) is 0 Å². The van der Waals surface area contributed by atoms with Crippen molar-refractivity contribution in [3.05, 3.63) is 28.5 Å². The van der Waals surface area contributed by atoms with Crippen molar-refractivity contribution >= 4 is 23.1 Å². The molecule has 0 atom stereocenters. The second-order valence-corrected chi connectivity index (χ2v) is 5.08. The van der Waals surface area contributed by atoms with Gasteiger partial charge < -0.3 is 4.90 Å². The number of carbonyl (C=O) groups is 1. The SMILES string of the molecule is CCCc1cc(N2CCC(=O)CC2)c(F)cc1Cl. The lowest BCUT2D eigenvalue weighted by molar-refractivity contribution is -0.119. The molecule has 18 heavy (non-hydrogen) atoms. The summed E-state index contributed by atoms with van der Waals surface area (Å²) in [5.74, 6) is -0.0383. The minimum atomic E-state index is -0.297. The molecule has 0 unspecified atom stereocenters. The normalized spacial score (nSPS) is 16.2. The number of nitrogens with zero attached hydrogens (tertiary/aromatic N) is 1. The van der Waals surface area contributed by atoms with Gasteiger partial charge in [0.1, 0.15) is 11.6 Å². The fourth-order valence-corrected chi connectivity index (χ4v) is 2.53. The van der Waals surface area contributed by atoms with Crippen LogP contribution in [-0.4, -0.2) is 18.9 Å². The van der Waals surface area contributed by atoms with Crippen LogP contribution in [-0.2, 0) is 11.2 Å². The highest BCUT2D eigenvalue weighted by Gasteiger charge is 2.20. The molecule has 0 saturated carbocycles. The van der Waals surface area contributed by atoms with Gasteiger partial charge in [-0.3, -0.25) is 4.79 Å². The molecular formula is C14H17ClFNO. The third-order valence-electron chi connectivity index (χ3n) is 3.30.